The lowest BCUT2D eigenvalue weighted by Crippen LogP contribution is -2.22. The van der Waals surface area contributed by atoms with Gasteiger partial charge < -0.3 is 14.7 Å². The van der Waals surface area contributed by atoms with Crippen LogP contribution >= 0.6 is 11.8 Å². The number of aromatic nitrogens is 3. The monoisotopic (exact) mass is 382 g/mol. The molecule has 2 heterocycles. The van der Waals surface area contributed by atoms with Gasteiger partial charge in [0.25, 0.3) is 11.1 Å². The standard InChI is InChI=1S/C19H15FN4O2S/c1-11(17(25)22-16-9-5-3-7-14(16)20)27-19-24-23-18(26-19)13-10-21-15-8-4-2-6-12(13)15/h2-11,21H,1H3,(H,22,25)/t11-/m0/s1. The molecule has 2 N–H and O–H groups in total. The highest BCUT2D eigenvalue weighted by Crippen LogP contribution is 2.31. The maximum absolute atomic E-state index is 13.7. The Morgan fingerprint density at radius 3 is 2.81 bits per heavy atom. The summed E-state index contributed by atoms with van der Waals surface area (Å²) in [4.78, 5) is 15.4. The molecule has 6 nitrogen and oxygen atoms in total. The Balaban J connectivity index is 1.47. The number of fused-ring (bicyclic) bond motifs is 1. The predicted octanol–water partition coefficient (Wildman–Crippen LogP) is 4.48. The molecule has 2 aromatic heterocycles. The summed E-state index contributed by atoms with van der Waals surface area (Å²) in [6, 6.07) is 13.8. The predicted molar refractivity (Wildman–Crippen MR) is 102 cm³/mol. The molecule has 4 rings (SSSR count). The SMILES string of the molecule is C[C@H](Sc1nnc(-c2c[nH]c3ccccc23)o1)C(=O)Nc1ccccc1F. The highest BCUT2D eigenvalue weighted by atomic mass is 32.2. The van der Waals surface area contributed by atoms with Crippen LogP contribution in [0.15, 0.2) is 64.4 Å². The number of rotatable bonds is 5. The first kappa shape index (κ1) is 17.3. The molecule has 0 fully saturated rings. The molecule has 27 heavy (non-hydrogen) atoms. The Morgan fingerprint density at radius 1 is 1.19 bits per heavy atom. The topological polar surface area (TPSA) is 83.8 Å². The van der Waals surface area contributed by atoms with E-state index in [9.17, 15) is 9.18 Å². The quantitative estimate of drug-likeness (QED) is 0.497. The summed E-state index contributed by atoms with van der Waals surface area (Å²) >= 11 is 1.12. The molecule has 136 valence electrons. The van der Waals surface area contributed by atoms with E-state index in [4.69, 9.17) is 4.42 Å². The van der Waals surface area contributed by atoms with Crippen LogP contribution in [0.4, 0.5) is 10.1 Å². The van der Waals surface area contributed by atoms with Crippen LogP contribution in [0.1, 0.15) is 6.92 Å². The molecule has 0 saturated heterocycles. The van der Waals surface area contributed by atoms with Gasteiger partial charge in [0.05, 0.1) is 16.5 Å². The molecule has 0 radical (unpaired) electrons. The van der Waals surface area contributed by atoms with E-state index < -0.39 is 11.1 Å². The fraction of sp³-hybridized carbons (Fsp3) is 0.105. The molecule has 0 saturated carbocycles. The molecular formula is C19H15FN4O2S. The molecule has 0 bridgehead atoms. The first-order valence-corrected chi connectivity index (χ1v) is 9.12. The maximum atomic E-state index is 13.7. The third-order valence-electron chi connectivity index (χ3n) is 4.00. The number of nitrogens with zero attached hydrogens (tertiary/aromatic N) is 2. The number of anilines is 1. The third kappa shape index (κ3) is 3.56. The van der Waals surface area contributed by atoms with Gasteiger partial charge >= 0.3 is 0 Å². The number of nitrogens with one attached hydrogen (secondary N) is 2. The number of carbonyl (C=O) groups excluding carboxylic acids is 1. The van der Waals surface area contributed by atoms with Crippen molar-refractivity contribution in [2.24, 2.45) is 0 Å². The number of amides is 1. The number of thioether (sulfide) groups is 1. The van der Waals surface area contributed by atoms with Crippen LogP contribution in [0.3, 0.4) is 0 Å². The van der Waals surface area contributed by atoms with Crippen LogP contribution in [0.25, 0.3) is 22.4 Å². The molecule has 0 spiro atoms. The van der Waals surface area contributed by atoms with Crippen LogP contribution in [-0.4, -0.2) is 26.3 Å². The van der Waals surface area contributed by atoms with Crippen molar-refractivity contribution >= 4 is 34.3 Å². The first-order chi connectivity index (χ1) is 13.1. The molecule has 0 aliphatic carbocycles. The fourth-order valence-electron chi connectivity index (χ4n) is 2.62. The summed E-state index contributed by atoms with van der Waals surface area (Å²) in [6.45, 7) is 1.69. The van der Waals surface area contributed by atoms with Crippen molar-refractivity contribution in [3.63, 3.8) is 0 Å². The summed E-state index contributed by atoms with van der Waals surface area (Å²) < 4.78 is 19.4. The number of carbonyl (C=O) groups is 1. The summed E-state index contributed by atoms with van der Waals surface area (Å²) in [5.74, 6) is -0.462. The lowest BCUT2D eigenvalue weighted by molar-refractivity contribution is -0.115. The second kappa shape index (κ2) is 7.24. The first-order valence-electron chi connectivity index (χ1n) is 8.24. The van der Waals surface area contributed by atoms with E-state index in [-0.39, 0.29) is 16.8 Å². The molecule has 1 atom stereocenters. The van der Waals surface area contributed by atoms with Crippen molar-refractivity contribution in [1.29, 1.82) is 0 Å². The Bertz CT molecular complexity index is 1110. The molecule has 0 unspecified atom stereocenters. The molecule has 8 heteroatoms. The highest BCUT2D eigenvalue weighted by molar-refractivity contribution is 8.00. The Kier molecular flexibility index (Phi) is 4.64. The zero-order valence-electron chi connectivity index (χ0n) is 14.3. The van der Waals surface area contributed by atoms with Crippen molar-refractivity contribution in [2.75, 3.05) is 5.32 Å². The van der Waals surface area contributed by atoms with Crippen molar-refractivity contribution in [2.45, 2.75) is 17.4 Å². The van der Waals surface area contributed by atoms with Crippen molar-refractivity contribution in [3.8, 4) is 11.5 Å². The molecular weight excluding hydrogens is 367 g/mol. The fourth-order valence-corrected chi connectivity index (χ4v) is 3.30. The van der Waals surface area contributed by atoms with E-state index in [1.807, 2.05) is 24.3 Å². The zero-order valence-corrected chi connectivity index (χ0v) is 15.1. The highest BCUT2D eigenvalue weighted by Gasteiger charge is 2.20. The van der Waals surface area contributed by atoms with Gasteiger partial charge in [-0.15, -0.1) is 10.2 Å². The van der Waals surface area contributed by atoms with E-state index in [2.05, 4.69) is 20.5 Å². The summed E-state index contributed by atoms with van der Waals surface area (Å²) in [7, 11) is 0. The van der Waals surface area contributed by atoms with E-state index in [1.54, 1.807) is 25.3 Å². The third-order valence-corrected chi connectivity index (χ3v) is 4.94. The van der Waals surface area contributed by atoms with Crippen LogP contribution < -0.4 is 5.32 Å². The van der Waals surface area contributed by atoms with E-state index >= 15 is 0 Å². The average molecular weight is 382 g/mol. The minimum atomic E-state index is -0.541. The van der Waals surface area contributed by atoms with Gasteiger partial charge in [0, 0.05) is 17.1 Å². The number of aromatic amines is 1. The van der Waals surface area contributed by atoms with Gasteiger partial charge in [0.2, 0.25) is 5.91 Å². The number of H-pyrrole nitrogens is 1. The van der Waals surface area contributed by atoms with Crippen molar-refractivity contribution in [3.05, 3.63) is 60.5 Å². The van der Waals surface area contributed by atoms with Gasteiger partial charge in [-0.05, 0) is 25.1 Å². The van der Waals surface area contributed by atoms with Crippen LogP contribution in [0.2, 0.25) is 0 Å². The molecule has 2 aromatic carbocycles. The number of para-hydroxylation sites is 2. The maximum Gasteiger partial charge on any atom is 0.277 e. The summed E-state index contributed by atoms with van der Waals surface area (Å²) in [5, 5.41) is 11.3. The lowest BCUT2D eigenvalue weighted by atomic mass is 10.2. The second-order valence-electron chi connectivity index (χ2n) is 5.85. The second-order valence-corrected chi connectivity index (χ2v) is 7.14. The van der Waals surface area contributed by atoms with Crippen molar-refractivity contribution < 1.29 is 13.6 Å². The van der Waals surface area contributed by atoms with E-state index in [0.29, 0.717) is 5.89 Å². The molecule has 1 amide bonds. The van der Waals surface area contributed by atoms with Gasteiger partial charge in [-0.3, -0.25) is 4.79 Å². The van der Waals surface area contributed by atoms with Crippen LogP contribution in [-0.2, 0) is 4.79 Å². The molecule has 4 aromatic rings. The zero-order chi connectivity index (χ0) is 18.8. The van der Waals surface area contributed by atoms with Gasteiger partial charge in [0.1, 0.15) is 5.82 Å². The number of hydrogen-bond acceptors (Lipinski definition) is 5. The Labute approximate surface area is 158 Å². The van der Waals surface area contributed by atoms with E-state index in [1.165, 1.54) is 12.1 Å². The van der Waals surface area contributed by atoms with Gasteiger partial charge in [-0.1, -0.05) is 42.1 Å². The van der Waals surface area contributed by atoms with Crippen LogP contribution in [0.5, 0.6) is 0 Å². The van der Waals surface area contributed by atoms with E-state index in [0.717, 1.165) is 28.2 Å². The summed E-state index contributed by atoms with van der Waals surface area (Å²) in [6.07, 6.45) is 1.81. The Morgan fingerprint density at radius 2 is 1.96 bits per heavy atom. The average Bonchev–Trinajstić information content (AvgIpc) is 3.30. The minimum absolute atomic E-state index is 0.139. The minimum Gasteiger partial charge on any atom is -0.411 e. The number of hydrogen-bond donors (Lipinski definition) is 2. The smallest absolute Gasteiger partial charge is 0.277 e. The summed E-state index contributed by atoms with van der Waals surface area (Å²) in [5.41, 5.74) is 1.91. The Hall–Kier alpha value is -3.13. The van der Waals surface area contributed by atoms with Gasteiger partial charge in [0.15, 0.2) is 0 Å². The lowest BCUT2D eigenvalue weighted by Gasteiger charge is -2.10. The van der Waals surface area contributed by atoms with Crippen molar-refractivity contribution in [1.82, 2.24) is 15.2 Å². The molecule has 0 aliphatic heterocycles. The normalized spacial score (nSPS) is 12.2. The van der Waals surface area contributed by atoms with Gasteiger partial charge in [-0.2, -0.15) is 0 Å². The molecule has 0 aliphatic rings. The largest absolute Gasteiger partial charge is 0.411 e. The number of halogens is 1. The van der Waals surface area contributed by atoms with Crippen LogP contribution in [0, 0.1) is 5.82 Å². The van der Waals surface area contributed by atoms with Gasteiger partial charge in [-0.25, -0.2) is 4.39 Å². The number of benzene rings is 2.